The minimum atomic E-state index is -0.357. The van der Waals surface area contributed by atoms with Crippen molar-refractivity contribution in [2.24, 2.45) is 5.10 Å². The number of nitrogens with one attached hydrogen (secondary N) is 2. The molecule has 140 valence electrons. The number of benzene rings is 1. The zero-order valence-electron chi connectivity index (χ0n) is 15.1. The summed E-state index contributed by atoms with van der Waals surface area (Å²) in [7, 11) is 0. The highest BCUT2D eigenvalue weighted by molar-refractivity contribution is 9.11. The molecule has 27 heavy (non-hydrogen) atoms. The summed E-state index contributed by atoms with van der Waals surface area (Å²) in [5, 5.41) is 10.9. The first-order chi connectivity index (χ1) is 13.1. The molecule has 1 amide bonds. The van der Waals surface area contributed by atoms with E-state index in [0.717, 1.165) is 33.0 Å². The van der Waals surface area contributed by atoms with Crippen LogP contribution < -0.4 is 10.3 Å². The highest BCUT2D eigenvalue weighted by atomic mass is 79.9. The van der Waals surface area contributed by atoms with E-state index in [1.807, 2.05) is 24.3 Å². The van der Waals surface area contributed by atoms with Crippen LogP contribution in [-0.4, -0.2) is 35.4 Å². The molecule has 2 aromatic heterocycles. The molecule has 0 aliphatic rings. The van der Waals surface area contributed by atoms with Gasteiger partial charge in [-0.3, -0.25) is 9.89 Å². The first kappa shape index (κ1) is 19.3. The van der Waals surface area contributed by atoms with Gasteiger partial charge in [0.05, 0.1) is 20.6 Å². The van der Waals surface area contributed by atoms with Crippen molar-refractivity contribution in [1.82, 2.24) is 15.6 Å². The number of rotatable bonds is 7. The van der Waals surface area contributed by atoms with E-state index in [1.165, 1.54) is 5.69 Å². The smallest absolute Gasteiger partial charge is 0.291 e. The molecule has 0 spiro atoms. The van der Waals surface area contributed by atoms with Gasteiger partial charge < -0.3 is 4.90 Å². The largest absolute Gasteiger partial charge is 0.372 e. The van der Waals surface area contributed by atoms with E-state index in [-0.39, 0.29) is 5.91 Å². The van der Waals surface area contributed by atoms with Crippen molar-refractivity contribution in [3.63, 3.8) is 0 Å². The number of thiophene rings is 1. The molecule has 0 atom stereocenters. The number of carbonyl (C=O) groups excluding carboxylic acids is 1. The zero-order valence-corrected chi connectivity index (χ0v) is 17.5. The summed E-state index contributed by atoms with van der Waals surface area (Å²) < 4.78 is 1.02. The normalized spacial score (nSPS) is 11.1. The van der Waals surface area contributed by atoms with E-state index in [0.29, 0.717) is 5.69 Å². The van der Waals surface area contributed by atoms with E-state index >= 15 is 0 Å². The number of aromatic amines is 1. The van der Waals surface area contributed by atoms with Crippen LogP contribution in [0.25, 0.3) is 10.6 Å². The Bertz CT molecular complexity index is 928. The number of halogens is 1. The van der Waals surface area contributed by atoms with Crippen molar-refractivity contribution in [2.75, 3.05) is 18.0 Å². The first-order valence-electron chi connectivity index (χ1n) is 8.60. The second-order valence-corrected chi connectivity index (χ2v) is 8.20. The van der Waals surface area contributed by atoms with E-state index in [9.17, 15) is 4.79 Å². The molecule has 8 heteroatoms. The fourth-order valence-electron chi connectivity index (χ4n) is 2.61. The highest BCUT2D eigenvalue weighted by Crippen LogP contribution is 2.30. The van der Waals surface area contributed by atoms with Crippen molar-refractivity contribution < 1.29 is 4.79 Å². The van der Waals surface area contributed by atoms with Crippen molar-refractivity contribution in [3.05, 3.63) is 57.5 Å². The summed E-state index contributed by atoms with van der Waals surface area (Å²) in [5.74, 6) is -0.357. The van der Waals surface area contributed by atoms with E-state index in [4.69, 9.17) is 0 Å². The molecule has 6 nitrogen and oxygen atoms in total. The molecule has 0 saturated carbocycles. The Morgan fingerprint density at radius 3 is 2.63 bits per heavy atom. The number of H-pyrrole nitrogens is 1. The maximum atomic E-state index is 12.2. The number of nitrogens with zero attached hydrogens (tertiary/aromatic N) is 3. The molecule has 0 fully saturated rings. The van der Waals surface area contributed by atoms with Crippen LogP contribution in [0, 0.1) is 0 Å². The van der Waals surface area contributed by atoms with Gasteiger partial charge in [-0.25, -0.2) is 5.43 Å². The topological polar surface area (TPSA) is 73.4 Å². The number of carbonyl (C=O) groups is 1. The fourth-order valence-corrected chi connectivity index (χ4v) is 3.96. The molecule has 2 heterocycles. The van der Waals surface area contributed by atoms with Crippen molar-refractivity contribution in [3.8, 4) is 10.6 Å². The number of amides is 1. The number of anilines is 1. The second-order valence-electron chi connectivity index (χ2n) is 5.73. The van der Waals surface area contributed by atoms with Crippen LogP contribution in [-0.2, 0) is 0 Å². The SMILES string of the molecule is CCN(CC)c1ccc(/C=N\NC(=O)c2cc(-c3ccc(Br)s3)[nH]n2)cc1. The van der Waals surface area contributed by atoms with Gasteiger partial charge in [0.1, 0.15) is 0 Å². The van der Waals surface area contributed by atoms with Gasteiger partial charge in [0.15, 0.2) is 5.69 Å². The standard InChI is InChI=1S/C19H20BrN5OS/c1-3-25(4-2)14-7-5-13(6-8-14)12-21-24-19(26)16-11-15(22-23-16)17-9-10-18(20)27-17/h5-12H,3-4H2,1-2H3,(H,22,23)(H,24,26)/b21-12-. The summed E-state index contributed by atoms with van der Waals surface area (Å²) in [5.41, 5.74) is 5.69. The molecule has 0 saturated heterocycles. The highest BCUT2D eigenvalue weighted by Gasteiger charge is 2.11. The predicted octanol–water partition coefficient (Wildman–Crippen LogP) is 4.51. The Kier molecular flexibility index (Phi) is 6.41. The first-order valence-corrected chi connectivity index (χ1v) is 10.2. The molecule has 3 aromatic rings. The zero-order chi connectivity index (χ0) is 19.2. The van der Waals surface area contributed by atoms with Crippen LogP contribution in [0.5, 0.6) is 0 Å². The third-order valence-electron chi connectivity index (χ3n) is 4.05. The molecular formula is C19H20BrN5OS. The van der Waals surface area contributed by atoms with Crippen molar-refractivity contribution in [1.29, 1.82) is 0 Å². The van der Waals surface area contributed by atoms with Crippen LogP contribution in [0.4, 0.5) is 5.69 Å². The van der Waals surface area contributed by atoms with Gasteiger partial charge in [-0.05, 0) is 65.7 Å². The van der Waals surface area contributed by atoms with Crippen molar-refractivity contribution >= 4 is 45.1 Å². The quantitative estimate of drug-likeness (QED) is 0.414. The second kappa shape index (κ2) is 8.96. The molecule has 1 aromatic carbocycles. The molecule has 0 aliphatic carbocycles. The van der Waals surface area contributed by atoms with Gasteiger partial charge in [0.25, 0.3) is 5.91 Å². The maximum absolute atomic E-state index is 12.2. The third kappa shape index (κ3) is 4.84. The minimum absolute atomic E-state index is 0.295. The number of hydrogen-bond donors (Lipinski definition) is 2. The lowest BCUT2D eigenvalue weighted by Crippen LogP contribution is -2.21. The van der Waals surface area contributed by atoms with E-state index < -0.39 is 0 Å². The van der Waals surface area contributed by atoms with Crippen LogP contribution in [0.3, 0.4) is 0 Å². The van der Waals surface area contributed by atoms with Crippen LogP contribution in [0.15, 0.2) is 51.4 Å². The predicted molar refractivity (Wildman–Crippen MR) is 115 cm³/mol. The Morgan fingerprint density at radius 2 is 2.00 bits per heavy atom. The summed E-state index contributed by atoms with van der Waals surface area (Å²) in [6.45, 7) is 6.19. The summed E-state index contributed by atoms with van der Waals surface area (Å²) in [4.78, 5) is 15.5. The molecule has 0 bridgehead atoms. The Hall–Kier alpha value is -2.45. The van der Waals surface area contributed by atoms with Gasteiger partial charge in [0.2, 0.25) is 0 Å². The average Bonchev–Trinajstić information content (AvgIpc) is 3.33. The number of aromatic nitrogens is 2. The summed E-state index contributed by atoms with van der Waals surface area (Å²) in [6.07, 6.45) is 1.62. The van der Waals surface area contributed by atoms with Gasteiger partial charge in [-0.15, -0.1) is 11.3 Å². The Morgan fingerprint density at radius 1 is 1.26 bits per heavy atom. The monoisotopic (exact) mass is 445 g/mol. The Labute approximate surface area is 170 Å². The molecule has 3 rings (SSSR count). The van der Waals surface area contributed by atoms with Crippen LogP contribution >= 0.6 is 27.3 Å². The van der Waals surface area contributed by atoms with Gasteiger partial charge in [0, 0.05) is 18.8 Å². The molecule has 0 aliphatic heterocycles. The lowest BCUT2D eigenvalue weighted by Gasteiger charge is -2.20. The molecule has 0 unspecified atom stereocenters. The van der Waals surface area contributed by atoms with Gasteiger partial charge in [-0.1, -0.05) is 12.1 Å². The fraction of sp³-hybridized carbons (Fsp3) is 0.211. The van der Waals surface area contributed by atoms with Crippen molar-refractivity contribution in [2.45, 2.75) is 13.8 Å². The van der Waals surface area contributed by atoms with E-state index in [1.54, 1.807) is 23.6 Å². The number of hydrogen-bond acceptors (Lipinski definition) is 5. The molecule has 0 radical (unpaired) electrons. The third-order valence-corrected chi connectivity index (χ3v) is 5.71. The lowest BCUT2D eigenvalue weighted by atomic mass is 10.2. The Balaban J connectivity index is 1.59. The molecular weight excluding hydrogens is 426 g/mol. The lowest BCUT2D eigenvalue weighted by molar-refractivity contribution is 0.0950. The summed E-state index contributed by atoms with van der Waals surface area (Å²) >= 11 is 4.99. The van der Waals surface area contributed by atoms with Gasteiger partial charge >= 0.3 is 0 Å². The van der Waals surface area contributed by atoms with Crippen LogP contribution in [0.2, 0.25) is 0 Å². The number of hydrazone groups is 1. The van der Waals surface area contributed by atoms with E-state index in [2.05, 4.69) is 67.5 Å². The average molecular weight is 446 g/mol. The van der Waals surface area contributed by atoms with Crippen LogP contribution in [0.1, 0.15) is 29.9 Å². The minimum Gasteiger partial charge on any atom is -0.372 e. The summed E-state index contributed by atoms with van der Waals surface area (Å²) in [6, 6.07) is 13.7. The molecule has 2 N–H and O–H groups in total. The maximum Gasteiger partial charge on any atom is 0.291 e. The van der Waals surface area contributed by atoms with Gasteiger partial charge in [-0.2, -0.15) is 10.2 Å².